The van der Waals surface area contributed by atoms with Crippen LogP contribution in [0.15, 0.2) is 48.5 Å². The van der Waals surface area contributed by atoms with Crippen molar-refractivity contribution in [3.05, 3.63) is 70.8 Å². The highest BCUT2D eigenvalue weighted by atomic mass is 35.5. The molecule has 1 aliphatic rings. The minimum Gasteiger partial charge on any atom is -0.117 e. The summed E-state index contributed by atoms with van der Waals surface area (Å²) in [5.74, 6) is 1.23. The Hall–Kier alpha value is -1.27. The van der Waals surface area contributed by atoms with Gasteiger partial charge in [-0.05, 0) is 48.8 Å². The van der Waals surface area contributed by atoms with Gasteiger partial charge in [0.05, 0.1) is 5.38 Å². The third-order valence-corrected chi connectivity index (χ3v) is 4.73. The molecular formula is C18H19Cl. The number of hydrogen-bond donors (Lipinski definition) is 0. The Morgan fingerprint density at radius 1 is 1.05 bits per heavy atom. The lowest BCUT2D eigenvalue weighted by molar-refractivity contribution is 0.759. The van der Waals surface area contributed by atoms with Crippen molar-refractivity contribution in [2.75, 3.05) is 0 Å². The predicted molar refractivity (Wildman–Crippen MR) is 81.8 cm³/mol. The van der Waals surface area contributed by atoms with Crippen LogP contribution in [0, 0.1) is 19.8 Å². The highest BCUT2D eigenvalue weighted by Gasteiger charge is 2.43. The maximum atomic E-state index is 6.73. The molecule has 0 aliphatic heterocycles. The molecule has 0 spiro atoms. The molecule has 0 bridgehead atoms. The molecular weight excluding hydrogens is 252 g/mol. The van der Waals surface area contributed by atoms with Crippen molar-refractivity contribution in [3.8, 4) is 0 Å². The molecule has 0 radical (unpaired) electrons. The van der Waals surface area contributed by atoms with E-state index in [2.05, 4.69) is 62.4 Å². The van der Waals surface area contributed by atoms with E-state index in [1.54, 1.807) is 0 Å². The quantitative estimate of drug-likeness (QED) is 0.656. The second-order valence-corrected chi connectivity index (χ2v) is 6.15. The van der Waals surface area contributed by atoms with E-state index in [-0.39, 0.29) is 5.38 Å². The van der Waals surface area contributed by atoms with Crippen LogP contribution in [0.3, 0.4) is 0 Å². The minimum atomic E-state index is 0.144. The van der Waals surface area contributed by atoms with Crippen LogP contribution in [0.4, 0.5) is 0 Å². The first-order valence-electron chi connectivity index (χ1n) is 6.93. The molecule has 1 fully saturated rings. The molecule has 98 valence electrons. The Kier molecular flexibility index (Phi) is 3.36. The Morgan fingerprint density at radius 2 is 1.79 bits per heavy atom. The lowest BCUT2D eigenvalue weighted by Gasteiger charge is -2.14. The average Bonchev–Trinajstić information content (AvgIpc) is 3.22. The number of alkyl halides is 1. The summed E-state index contributed by atoms with van der Waals surface area (Å²) in [6.07, 6.45) is 1.21. The molecule has 0 heterocycles. The van der Waals surface area contributed by atoms with Gasteiger partial charge in [-0.2, -0.15) is 0 Å². The van der Waals surface area contributed by atoms with E-state index in [1.807, 2.05) is 0 Å². The normalized spacial score (nSPS) is 23.1. The Balaban J connectivity index is 1.80. The van der Waals surface area contributed by atoms with Crippen LogP contribution in [-0.4, -0.2) is 0 Å². The lowest BCUT2D eigenvalue weighted by atomic mass is 9.98. The van der Waals surface area contributed by atoms with Gasteiger partial charge < -0.3 is 0 Å². The van der Waals surface area contributed by atoms with Crippen LogP contribution in [0.1, 0.15) is 40.0 Å². The van der Waals surface area contributed by atoms with E-state index in [9.17, 15) is 0 Å². The van der Waals surface area contributed by atoms with Gasteiger partial charge in [-0.3, -0.25) is 0 Å². The van der Waals surface area contributed by atoms with Crippen molar-refractivity contribution < 1.29 is 0 Å². The fourth-order valence-electron chi connectivity index (χ4n) is 2.91. The fourth-order valence-corrected chi connectivity index (χ4v) is 3.42. The Morgan fingerprint density at radius 3 is 2.53 bits per heavy atom. The first-order chi connectivity index (χ1) is 9.16. The number of hydrogen-bond acceptors (Lipinski definition) is 0. The van der Waals surface area contributed by atoms with Crippen LogP contribution in [0.25, 0.3) is 0 Å². The van der Waals surface area contributed by atoms with Crippen LogP contribution in [0.5, 0.6) is 0 Å². The summed E-state index contributed by atoms with van der Waals surface area (Å²) in [5, 5.41) is 0.144. The SMILES string of the molecule is Cc1ccc(C)c(C(Cl)C2CC2c2ccccc2)c1. The molecule has 2 aromatic carbocycles. The van der Waals surface area contributed by atoms with Crippen molar-refractivity contribution in [1.29, 1.82) is 0 Å². The fraction of sp³-hybridized carbons (Fsp3) is 0.333. The van der Waals surface area contributed by atoms with Crippen LogP contribution < -0.4 is 0 Å². The van der Waals surface area contributed by atoms with E-state index in [1.165, 1.54) is 28.7 Å². The molecule has 19 heavy (non-hydrogen) atoms. The summed E-state index contributed by atoms with van der Waals surface area (Å²) in [5.41, 5.74) is 5.35. The summed E-state index contributed by atoms with van der Waals surface area (Å²) >= 11 is 6.73. The maximum absolute atomic E-state index is 6.73. The number of benzene rings is 2. The average molecular weight is 271 g/mol. The van der Waals surface area contributed by atoms with Crippen molar-refractivity contribution in [2.45, 2.75) is 31.6 Å². The van der Waals surface area contributed by atoms with Crippen LogP contribution in [-0.2, 0) is 0 Å². The molecule has 1 aliphatic carbocycles. The molecule has 3 rings (SSSR count). The monoisotopic (exact) mass is 270 g/mol. The van der Waals surface area contributed by atoms with Gasteiger partial charge in [0.2, 0.25) is 0 Å². The molecule has 0 aromatic heterocycles. The van der Waals surface area contributed by atoms with E-state index >= 15 is 0 Å². The minimum absolute atomic E-state index is 0.144. The number of rotatable bonds is 3. The standard InChI is InChI=1S/C18H19Cl/c1-12-8-9-13(2)15(10-12)18(19)17-11-16(17)14-6-4-3-5-7-14/h3-10,16-18H,11H2,1-2H3. The molecule has 3 unspecified atom stereocenters. The Bertz CT molecular complexity index is 573. The predicted octanol–water partition coefficient (Wildman–Crippen LogP) is 5.39. The van der Waals surface area contributed by atoms with Gasteiger partial charge in [0.1, 0.15) is 0 Å². The summed E-state index contributed by atoms with van der Waals surface area (Å²) < 4.78 is 0. The zero-order valence-electron chi connectivity index (χ0n) is 11.4. The van der Waals surface area contributed by atoms with Gasteiger partial charge in [-0.15, -0.1) is 11.6 Å². The molecule has 3 atom stereocenters. The van der Waals surface area contributed by atoms with Gasteiger partial charge in [0, 0.05) is 0 Å². The van der Waals surface area contributed by atoms with E-state index in [4.69, 9.17) is 11.6 Å². The van der Waals surface area contributed by atoms with Crippen molar-refractivity contribution in [3.63, 3.8) is 0 Å². The number of halogens is 1. The molecule has 0 nitrogen and oxygen atoms in total. The van der Waals surface area contributed by atoms with E-state index in [0.29, 0.717) is 11.8 Å². The van der Waals surface area contributed by atoms with Gasteiger partial charge >= 0.3 is 0 Å². The summed E-state index contributed by atoms with van der Waals surface area (Å²) in [6, 6.07) is 17.3. The zero-order chi connectivity index (χ0) is 13.4. The second-order valence-electron chi connectivity index (χ2n) is 5.68. The van der Waals surface area contributed by atoms with Crippen molar-refractivity contribution in [2.24, 2.45) is 5.92 Å². The van der Waals surface area contributed by atoms with Gasteiger partial charge in [-0.25, -0.2) is 0 Å². The zero-order valence-corrected chi connectivity index (χ0v) is 12.2. The first kappa shape index (κ1) is 12.7. The second kappa shape index (κ2) is 5.02. The molecule has 1 saturated carbocycles. The largest absolute Gasteiger partial charge is 0.117 e. The van der Waals surface area contributed by atoms with Gasteiger partial charge in [-0.1, -0.05) is 54.1 Å². The Labute approximate surface area is 120 Å². The smallest absolute Gasteiger partial charge is 0.0622 e. The van der Waals surface area contributed by atoms with E-state index < -0.39 is 0 Å². The topological polar surface area (TPSA) is 0 Å². The molecule has 0 amide bonds. The third kappa shape index (κ3) is 2.55. The summed E-state index contributed by atoms with van der Waals surface area (Å²) in [7, 11) is 0. The van der Waals surface area contributed by atoms with Gasteiger partial charge in [0.15, 0.2) is 0 Å². The van der Waals surface area contributed by atoms with Gasteiger partial charge in [0.25, 0.3) is 0 Å². The highest BCUT2D eigenvalue weighted by Crippen LogP contribution is 2.56. The third-order valence-electron chi connectivity index (χ3n) is 4.18. The molecule has 2 aromatic rings. The highest BCUT2D eigenvalue weighted by molar-refractivity contribution is 6.21. The summed E-state index contributed by atoms with van der Waals surface area (Å²) in [6.45, 7) is 4.29. The summed E-state index contributed by atoms with van der Waals surface area (Å²) in [4.78, 5) is 0. The molecule has 1 heteroatoms. The lowest BCUT2D eigenvalue weighted by Crippen LogP contribution is -1.98. The van der Waals surface area contributed by atoms with Crippen molar-refractivity contribution in [1.82, 2.24) is 0 Å². The first-order valence-corrected chi connectivity index (χ1v) is 7.36. The molecule has 0 saturated heterocycles. The van der Waals surface area contributed by atoms with Crippen LogP contribution >= 0.6 is 11.6 Å². The van der Waals surface area contributed by atoms with Crippen LogP contribution in [0.2, 0.25) is 0 Å². The van der Waals surface area contributed by atoms with Crippen molar-refractivity contribution >= 4 is 11.6 Å². The molecule has 0 N–H and O–H groups in total. The maximum Gasteiger partial charge on any atom is 0.0622 e. The van der Waals surface area contributed by atoms with E-state index in [0.717, 1.165) is 0 Å². The number of aryl methyl sites for hydroxylation is 2.